The Kier molecular flexibility index (Phi) is 4.47. The van der Waals surface area contributed by atoms with Crippen LogP contribution in [0.25, 0.3) is 6.08 Å². The molecule has 2 aromatic carbocycles. The van der Waals surface area contributed by atoms with Gasteiger partial charge in [0, 0.05) is 11.7 Å². The van der Waals surface area contributed by atoms with Crippen LogP contribution in [0, 0.1) is 0 Å². The maximum atomic E-state index is 12.9. The number of hydrogen-bond donors (Lipinski definition) is 1. The fourth-order valence-corrected chi connectivity index (χ4v) is 2.87. The van der Waals surface area contributed by atoms with Crippen LogP contribution in [0.4, 0.5) is 5.69 Å². The molecule has 118 valence electrons. The van der Waals surface area contributed by atoms with Gasteiger partial charge in [0.1, 0.15) is 6.17 Å². The number of carbonyl (C=O) groups is 1. The van der Waals surface area contributed by atoms with E-state index in [2.05, 4.69) is 43.4 Å². The molecule has 23 heavy (non-hydrogen) atoms. The summed E-state index contributed by atoms with van der Waals surface area (Å²) in [6, 6.07) is 18.0. The minimum absolute atomic E-state index is 0.0939. The summed E-state index contributed by atoms with van der Waals surface area (Å²) >= 11 is 0. The van der Waals surface area contributed by atoms with Crippen molar-refractivity contribution in [1.29, 1.82) is 0 Å². The Morgan fingerprint density at radius 2 is 1.83 bits per heavy atom. The second kappa shape index (κ2) is 6.69. The average molecular weight is 306 g/mol. The Hall–Kier alpha value is -2.55. The van der Waals surface area contributed by atoms with Gasteiger partial charge in [-0.25, -0.2) is 0 Å². The van der Waals surface area contributed by atoms with Gasteiger partial charge >= 0.3 is 0 Å². The fourth-order valence-electron chi connectivity index (χ4n) is 2.87. The molecule has 0 aromatic heterocycles. The summed E-state index contributed by atoms with van der Waals surface area (Å²) in [6.45, 7) is 4.20. The van der Waals surface area contributed by atoms with E-state index in [4.69, 9.17) is 0 Å². The lowest BCUT2D eigenvalue weighted by molar-refractivity contribution is 0.0639. The van der Waals surface area contributed by atoms with E-state index in [-0.39, 0.29) is 18.1 Å². The summed E-state index contributed by atoms with van der Waals surface area (Å²) in [5, 5.41) is 3.48. The highest BCUT2D eigenvalue weighted by atomic mass is 16.2. The zero-order valence-corrected chi connectivity index (χ0v) is 13.6. The molecule has 0 spiro atoms. The van der Waals surface area contributed by atoms with Crippen molar-refractivity contribution in [1.82, 2.24) is 4.90 Å². The first-order chi connectivity index (χ1) is 11.2. The topological polar surface area (TPSA) is 32.3 Å². The Morgan fingerprint density at radius 3 is 2.57 bits per heavy atom. The Bertz CT molecular complexity index is 709. The van der Waals surface area contributed by atoms with Gasteiger partial charge in [-0.2, -0.15) is 0 Å². The minimum atomic E-state index is -0.132. The normalized spacial score (nSPS) is 18.6. The number of amides is 1. The van der Waals surface area contributed by atoms with Gasteiger partial charge in [0.05, 0.1) is 5.56 Å². The number of para-hydroxylation sites is 1. The van der Waals surface area contributed by atoms with Crippen molar-refractivity contribution < 1.29 is 4.79 Å². The van der Waals surface area contributed by atoms with Crippen LogP contribution in [0.1, 0.15) is 36.2 Å². The number of anilines is 1. The molecule has 0 radical (unpaired) electrons. The first-order valence-electron chi connectivity index (χ1n) is 8.12. The maximum Gasteiger partial charge on any atom is 0.258 e. The molecule has 1 N–H and O–H groups in total. The second-order valence-corrected chi connectivity index (χ2v) is 5.87. The summed E-state index contributed by atoms with van der Waals surface area (Å²) in [5.41, 5.74) is 2.78. The van der Waals surface area contributed by atoms with Crippen LogP contribution < -0.4 is 5.32 Å². The molecular formula is C20H22N2O. The lowest BCUT2D eigenvalue weighted by atomic mass is 10.0. The molecule has 1 heterocycles. The second-order valence-electron chi connectivity index (χ2n) is 5.87. The van der Waals surface area contributed by atoms with E-state index in [1.165, 1.54) is 0 Å². The Morgan fingerprint density at radius 1 is 1.13 bits per heavy atom. The van der Waals surface area contributed by atoms with E-state index >= 15 is 0 Å². The first kappa shape index (κ1) is 15.3. The Balaban J connectivity index is 1.93. The standard InChI is InChI=1S/C20H22N2O/c1-3-15(2)22-19(14-13-16-9-5-4-6-10-16)21-18-12-8-7-11-17(18)20(22)23/h4-15,19,21H,3H2,1-2H3/b14-13+/t15-,19-/m0/s1. The van der Waals surface area contributed by atoms with Gasteiger partial charge in [0.2, 0.25) is 0 Å². The van der Waals surface area contributed by atoms with Crippen LogP contribution >= 0.6 is 0 Å². The van der Waals surface area contributed by atoms with E-state index in [9.17, 15) is 4.79 Å². The van der Waals surface area contributed by atoms with Crippen LogP contribution in [0.3, 0.4) is 0 Å². The van der Waals surface area contributed by atoms with Crippen LogP contribution in [-0.4, -0.2) is 23.0 Å². The smallest absolute Gasteiger partial charge is 0.258 e. The van der Waals surface area contributed by atoms with Gasteiger partial charge in [-0.05, 0) is 37.1 Å². The third-order valence-corrected chi connectivity index (χ3v) is 4.33. The highest BCUT2D eigenvalue weighted by Gasteiger charge is 2.32. The van der Waals surface area contributed by atoms with Crippen LogP contribution in [0.15, 0.2) is 60.7 Å². The molecule has 1 aliphatic rings. The number of rotatable bonds is 4. The van der Waals surface area contributed by atoms with E-state index in [1.54, 1.807) is 0 Å². The van der Waals surface area contributed by atoms with Gasteiger partial charge in [-0.15, -0.1) is 0 Å². The highest BCUT2D eigenvalue weighted by Crippen LogP contribution is 2.28. The SMILES string of the molecule is CC[C@H](C)N1C(=O)c2ccccc2N[C@@H]1/C=C/c1ccccc1. The molecular weight excluding hydrogens is 284 g/mol. The molecule has 3 heteroatoms. The first-order valence-corrected chi connectivity index (χ1v) is 8.12. The molecule has 0 unspecified atom stereocenters. The van der Waals surface area contributed by atoms with Crippen LogP contribution in [0.2, 0.25) is 0 Å². The number of nitrogens with zero attached hydrogens (tertiary/aromatic N) is 1. The molecule has 1 amide bonds. The van der Waals surface area contributed by atoms with Gasteiger partial charge < -0.3 is 10.2 Å². The predicted octanol–water partition coefficient (Wildman–Crippen LogP) is 4.39. The van der Waals surface area contributed by atoms with E-state index in [0.717, 1.165) is 23.2 Å². The van der Waals surface area contributed by atoms with Gasteiger partial charge in [0.25, 0.3) is 5.91 Å². The molecule has 2 atom stereocenters. The minimum Gasteiger partial charge on any atom is -0.361 e. The van der Waals surface area contributed by atoms with Crippen molar-refractivity contribution in [2.45, 2.75) is 32.5 Å². The highest BCUT2D eigenvalue weighted by molar-refractivity contribution is 6.02. The van der Waals surface area contributed by atoms with Crippen molar-refractivity contribution in [3.8, 4) is 0 Å². The molecule has 2 aromatic rings. The molecule has 1 aliphatic heterocycles. The largest absolute Gasteiger partial charge is 0.361 e. The van der Waals surface area contributed by atoms with Gasteiger partial charge in [0.15, 0.2) is 0 Å². The fraction of sp³-hybridized carbons (Fsp3) is 0.250. The monoisotopic (exact) mass is 306 g/mol. The van der Waals surface area contributed by atoms with Gasteiger partial charge in [-0.1, -0.05) is 55.5 Å². The number of benzene rings is 2. The van der Waals surface area contributed by atoms with E-state index < -0.39 is 0 Å². The molecule has 0 aliphatic carbocycles. The van der Waals surface area contributed by atoms with Crippen LogP contribution in [0.5, 0.6) is 0 Å². The molecule has 0 saturated heterocycles. The lowest BCUT2D eigenvalue weighted by Crippen LogP contribution is -2.51. The number of nitrogens with one attached hydrogen (secondary N) is 1. The number of carbonyl (C=O) groups excluding carboxylic acids is 1. The zero-order valence-electron chi connectivity index (χ0n) is 13.6. The van der Waals surface area contributed by atoms with Gasteiger partial charge in [-0.3, -0.25) is 4.79 Å². The molecule has 3 rings (SSSR count). The summed E-state index contributed by atoms with van der Waals surface area (Å²) < 4.78 is 0. The summed E-state index contributed by atoms with van der Waals surface area (Å²) in [6.07, 6.45) is 4.92. The average Bonchev–Trinajstić information content (AvgIpc) is 2.60. The summed E-state index contributed by atoms with van der Waals surface area (Å²) in [5.74, 6) is 0.0939. The number of fused-ring (bicyclic) bond motifs is 1. The van der Waals surface area contributed by atoms with E-state index in [1.807, 2.05) is 47.4 Å². The third-order valence-electron chi connectivity index (χ3n) is 4.33. The van der Waals surface area contributed by atoms with Crippen LogP contribution in [-0.2, 0) is 0 Å². The van der Waals surface area contributed by atoms with Crippen molar-refractivity contribution in [2.75, 3.05) is 5.32 Å². The zero-order chi connectivity index (χ0) is 16.2. The maximum absolute atomic E-state index is 12.9. The molecule has 3 nitrogen and oxygen atoms in total. The number of hydrogen-bond acceptors (Lipinski definition) is 2. The Labute approximate surface area is 137 Å². The third kappa shape index (κ3) is 3.14. The van der Waals surface area contributed by atoms with E-state index in [0.29, 0.717) is 0 Å². The molecule has 0 bridgehead atoms. The van der Waals surface area contributed by atoms with Crippen molar-refractivity contribution in [2.24, 2.45) is 0 Å². The summed E-state index contributed by atoms with van der Waals surface area (Å²) in [7, 11) is 0. The predicted molar refractivity (Wildman–Crippen MR) is 95.3 cm³/mol. The van der Waals surface area contributed by atoms with Crippen molar-refractivity contribution >= 4 is 17.7 Å². The van der Waals surface area contributed by atoms with Crippen molar-refractivity contribution in [3.63, 3.8) is 0 Å². The van der Waals surface area contributed by atoms with Crippen molar-refractivity contribution in [3.05, 3.63) is 71.8 Å². The summed E-state index contributed by atoms with van der Waals surface area (Å²) in [4.78, 5) is 14.8. The quantitative estimate of drug-likeness (QED) is 0.908. The molecule has 0 saturated carbocycles. The lowest BCUT2D eigenvalue weighted by Gasteiger charge is -2.40. The molecule has 0 fully saturated rings.